The van der Waals surface area contributed by atoms with Crippen molar-refractivity contribution in [3.8, 4) is 0 Å². The minimum absolute atomic E-state index is 0.0815. The Hall–Kier alpha value is -1.42. The van der Waals surface area contributed by atoms with Gasteiger partial charge in [-0.05, 0) is 53.0 Å². The van der Waals surface area contributed by atoms with Crippen molar-refractivity contribution in [1.82, 2.24) is 9.97 Å². The maximum absolute atomic E-state index is 4.73. The predicted octanol–water partition coefficient (Wildman–Crippen LogP) is 4.92. The topological polar surface area (TPSA) is 29.0 Å². The summed E-state index contributed by atoms with van der Waals surface area (Å²) in [5, 5.41) is 0. The number of aromatic nitrogens is 2. The largest absolute Gasteiger partial charge is 0.329 e. The van der Waals surface area contributed by atoms with Crippen molar-refractivity contribution in [3.63, 3.8) is 0 Å². The van der Waals surface area contributed by atoms with E-state index in [9.17, 15) is 0 Å². The minimum Gasteiger partial charge on any atom is -0.329 e. The maximum Gasteiger partial charge on any atom is 0.137 e. The molecule has 4 heteroatoms. The summed E-state index contributed by atoms with van der Waals surface area (Å²) in [7, 11) is 2.04. The lowest BCUT2D eigenvalue weighted by Gasteiger charge is -2.23. The van der Waals surface area contributed by atoms with Gasteiger partial charge in [0.1, 0.15) is 16.2 Å². The van der Waals surface area contributed by atoms with Gasteiger partial charge in [0.15, 0.2) is 0 Å². The number of rotatable bonds is 2. The Balaban J connectivity index is 2.48. The van der Waals surface area contributed by atoms with Crippen molar-refractivity contribution in [1.29, 1.82) is 0 Å². The Morgan fingerprint density at radius 1 is 0.952 bits per heavy atom. The van der Waals surface area contributed by atoms with Crippen LogP contribution in [0.4, 0.5) is 11.5 Å². The van der Waals surface area contributed by atoms with Crippen molar-refractivity contribution < 1.29 is 0 Å². The zero-order chi connectivity index (χ0) is 15.8. The van der Waals surface area contributed by atoms with Crippen LogP contribution >= 0.6 is 15.9 Å². The van der Waals surface area contributed by atoms with E-state index in [1.165, 1.54) is 11.1 Å². The van der Waals surface area contributed by atoms with Crippen LogP contribution in [0.25, 0.3) is 0 Å². The first-order chi connectivity index (χ1) is 9.66. The Morgan fingerprint density at radius 3 is 2.05 bits per heavy atom. The number of benzene rings is 1. The van der Waals surface area contributed by atoms with Crippen LogP contribution in [0.15, 0.2) is 28.9 Å². The Bertz CT molecular complexity index is 639. The van der Waals surface area contributed by atoms with Crippen LogP contribution < -0.4 is 4.90 Å². The highest BCUT2D eigenvalue weighted by molar-refractivity contribution is 9.10. The fourth-order valence-corrected chi connectivity index (χ4v) is 2.56. The summed E-state index contributed by atoms with van der Waals surface area (Å²) in [4.78, 5) is 11.3. The van der Waals surface area contributed by atoms with E-state index in [0.29, 0.717) is 0 Å². The molecule has 1 aromatic heterocycles. The SMILES string of the molecule is Cc1cc(C)cc(N(C)c2cc(Br)nc(C(C)(C)C)n2)c1. The second-order valence-corrected chi connectivity index (χ2v) is 7.34. The van der Waals surface area contributed by atoms with Gasteiger partial charge in [0, 0.05) is 24.2 Å². The first-order valence-corrected chi connectivity index (χ1v) is 7.83. The van der Waals surface area contributed by atoms with Gasteiger partial charge in [0.05, 0.1) is 0 Å². The molecule has 3 nitrogen and oxygen atoms in total. The van der Waals surface area contributed by atoms with Gasteiger partial charge in [0.25, 0.3) is 0 Å². The van der Waals surface area contributed by atoms with Crippen LogP contribution in [0.1, 0.15) is 37.7 Å². The van der Waals surface area contributed by atoms with Crippen molar-refractivity contribution in [3.05, 3.63) is 45.8 Å². The molecule has 0 fully saturated rings. The Labute approximate surface area is 135 Å². The molecule has 0 atom stereocenters. The van der Waals surface area contributed by atoms with E-state index in [4.69, 9.17) is 4.98 Å². The molecule has 21 heavy (non-hydrogen) atoms. The van der Waals surface area contributed by atoms with Gasteiger partial charge < -0.3 is 4.90 Å². The van der Waals surface area contributed by atoms with Gasteiger partial charge in [-0.15, -0.1) is 0 Å². The molecule has 0 saturated heterocycles. The van der Waals surface area contributed by atoms with Crippen molar-refractivity contribution in [2.75, 3.05) is 11.9 Å². The van der Waals surface area contributed by atoms with Crippen LogP contribution in [0, 0.1) is 13.8 Å². The van der Waals surface area contributed by atoms with Gasteiger partial charge >= 0.3 is 0 Å². The summed E-state index contributed by atoms with van der Waals surface area (Å²) < 4.78 is 0.814. The highest BCUT2D eigenvalue weighted by Gasteiger charge is 2.20. The van der Waals surface area contributed by atoms with E-state index in [1.54, 1.807) is 0 Å². The summed E-state index contributed by atoms with van der Waals surface area (Å²) in [5.74, 6) is 1.73. The van der Waals surface area contributed by atoms with Crippen LogP contribution in [0.3, 0.4) is 0 Å². The third kappa shape index (κ3) is 3.82. The smallest absolute Gasteiger partial charge is 0.137 e. The highest BCUT2D eigenvalue weighted by atomic mass is 79.9. The average Bonchev–Trinajstić information content (AvgIpc) is 2.35. The molecular weight excluding hydrogens is 326 g/mol. The third-order valence-corrected chi connectivity index (χ3v) is 3.70. The molecule has 2 rings (SSSR count). The fraction of sp³-hybridized carbons (Fsp3) is 0.412. The molecule has 0 radical (unpaired) electrons. The summed E-state index contributed by atoms with van der Waals surface area (Å²) in [6.07, 6.45) is 0. The third-order valence-electron chi connectivity index (χ3n) is 3.29. The van der Waals surface area contributed by atoms with E-state index in [0.717, 1.165) is 21.9 Å². The number of anilines is 2. The van der Waals surface area contributed by atoms with E-state index in [2.05, 4.69) is 78.6 Å². The molecule has 1 heterocycles. The van der Waals surface area contributed by atoms with Crippen LogP contribution in [0.5, 0.6) is 0 Å². The number of nitrogens with zero attached hydrogens (tertiary/aromatic N) is 3. The fourth-order valence-electron chi connectivity index (χ4n) is 2.19. The van der Waals surface area contributed by atoms with E-state index in [1.807, 2.05) is 13.1 Å². The van der Waals surface area contributed by atoms with Gasteiger partial charge in [-0.25, -0.2) is 9.97 Å². The van der Waals surface area contributed by atoms with Gasteiger partial charge in [-0.1, -0.05) is 26.8 Å². The molecule has 0 spiro atoms. The monoisotopic (exact) mass is 347 g/mol. The van der Waals surface area contributed by atoms with E-state index in [-0.39, 0.29) is 5.41 Å². The van der Waals surface area contributed by atoms with Crippen LogP contribution in [-0.4, -0.2) is 17.0 Å². The molecule has 2 aromatic rings. The molecule has 112 valence electrons. The number of hydrogen-bond acceptors (Lipinski definition) is 3. The van der Waals surface area contributed by atoms with Gasteiger partial charge in [-0.3, -0.25) is 0 Å². The molecule has 0 aliphatic carbocycles. The normalized spacial score (nSPS) is 11.6. The highest BCUT2D eigenvalue weighted by Crippen LogP contribution is 2.28. The van der Waals surface area contributed by atoms with Gasteiger partial charge in [-0.2, -0.15) is 0 Å². The number of halogens is 1. The van der Waals surface area contributed by atoms with E-state index >= 15 is 0 Å². The lowest BCUT2D eigenvalue weighted by atomic mass is 9.96. The summed E-state index contributed by atoms with van der Waals surface area (Å²) >= 11 is 3.50. The molecule has 0 saturated carbocycles. The zero-order valence-electron chi connectivity index (χ0n) is 13.5. The minimum atomic E-state index is -0.0815. The lowest BCUT2D eigenvalue weighted by Crippen LogP contribution is -2.19. The molecule has 0 unspecified atom stereocenters. The van der Waals surface area contributed by atoms with E-state index < -0.39 is 0 Å². The Kier molecular flexibility index (Phi) is 4.38. The Morgan fingerprint density at radius 2 is 1.52 bits per heavy atom. The van der Waals surface area contributed by atoms with Crippen molar-refractivity contribution in [2.24, 2.45) is 0 Å². The van der Waals surface area contributed by atoms with Crippen LogP contribution in [-0.2, 0) is 5.41 Å². The average molecular weight is 348 g/mol. The standard InChI is InChI=1S/C17H22BrN3/c1-11-7-12(2)9-13(8-11)21(6)15-10-14(18)19-16(20-15)17(3,4)5/h7-10H,1-6H3. The molecule has 0 amide bonds. The second-order valence-electron chi connectivity index (χ2n) is 6.53. The first-order valence-electron chi connectivity index (χ1n) is 7.04. The summed E-state index contributed by atoms with van der Waals surface area (Å²) in [5.41, 5.74) is 3.56. The molecule has 0 bridgehead atoms. The summed E-state index contributed by atoms with van der Waals surface area (Å²) in [6.45, 7) is 10.6. The van der Waals surface area contributed by atoms with Crippen molar-refractivity contribution >= 4 is 27.4 Å². The molecule has 0 aliphatic heterocycles. The zero-order valence-corrected chi connectivity index (χ0v) is 15.1. The summed E-state index contributed by atoms with van der Waals surface area (Å²) in [6, 6.07) is 8.46. The number of aryl methyl sites for hydroxylation is 2. The molecule has 1 aromatic carbocycles. The first kappa shape index (κ1) is 16.0. The van der Waals surface area contributed by atoms with Crippen molar-refractivity contribution in [2.45, 2.75) is 40.0 Å². The lowest BCUT2D eigenvalue weighted by molar-refractivity contribution is 0.543. The molecular formula is C17H22BrN3. The quantitative estimate of drug-likeness (QED) is 0.721. The van der Waals surface area contributed by atoms with Gasteiger partial charge in [0.2, 0.25) is 0 Å². The maximum atomic E-state index is 4.73. The molecule has 0 N–H and O–H groups in total. The second kappa shape index (κ2) is 5.76. The molecule has 0 aliphatic rings. The predicted molar refractivity (Wildman–Crippen MR) is 92.4 cm³/mol. The van der Waals surface area contributed by atoms with Crippen LogP contribution in [0.2, 0.25) is 0 Å². The number of hydrogen-bond donors (Lipinski definition) is 0.